The number of nitrogens with zero attached hydrogens (tertiary/aromatic N) is 3. The van der Waals surface area contributed by atoms with E-state index in [-0.39, 0.29) is 5.62 Å². The average Bonchev–Trinajstić information content (AvgIpc) is 2.40. The number of primary amides is 1. The Labute approximate surface area is 121 Å². The minimum Gasteiger partial charge on any atom is -0.368 e. The zero-order valence-corrected chi connectivity index (χ0v) is 12.1. The fourth-order valence-electron chi connectivity index (χ4n) is 1.89. The van der Waals surface area contributed by atoms with Crippen molar-refractivity contribution in [1.82, 2.24) is 9.55 Å². The van der Waals surface area contributed by atoms with Gasteiger partial charge in [0.1, 0.15) is 6.04 Å². The molecule has 0 unspecified atom stereocenters. The first kappa shape index (κ1) is 14.9. The molecular weight excluding hydrogens is 292 g/mol. The second-order valence-electron chi connectivity index (χ2n) is 4.37. The summed E-state index contributed by atoms with van der Waals surface area (Å²) in [5.41, 5.74) is 5.97. The third-order valence-electron chi connectivity index (χ3n) is 2.66. The number of aromatic nitrogens is 2. The van der Waals surface area contributed by atoms with Crippen LogP contribution in [0.1, 0.15) is 11.6 Å². The summed E-state index contributed by atoms with van der Waals surface area (Å²) < 4.78 is 27.6. The van der Waals surface area contributed by atoms with E-state index in [0.717, 1.165) is 6.26 Å². The Morgan fingerprint density at radius 3 is 2.52 bits per heavy atom. The molecule has 0 bridgehead atoms. The first-order valence-corrected chi connectivity index (χ1v) is 7.87. The molecule has 0 saturated heterocycles. The second kappa shape index (κ2) is 5.88. The van der Waals surface area contributed by atoms with Crippen LogP contribution in [0.2, 0.25) is 0 Å². The molecule has 21 heavy (non-hydrogen) atoms. The van der Waals surface area contributed by atoms with Crippen molar-refractivity contribution in [2.75, 3.05) is 6.26 Å². The molecule has 8 heteroatoms. The number of sulfonamides is 1. The monoisotopic (exact) mass is 306 g/mol. The van der Waals surface area contributed by atoms with Gasteiger partial charge < -0.3 is 5.73 Å². The summed E-state index contributed by atoms with van der Waals surface area (Å²) in [6.07, 6.45) is 3.86. The van der Waals surface area contributed by atoms with E-state index in [9.17, 15) is 13.2 Å². The Kier molecular flexibility index (Phi) is 4.18. The van der Waals surface area contributed by atoms with E-state index >= 15 is 0 Å². The van der Waals surface area contributed by atoms with Gasteiger partial charge in [0.25, 0.3) is 10.0 Å². The number of hydrogen-bond acceptors (Lipinski definition) is 4. The lowest BCUT2D eigenvalue weighted by atomic mass is 10.1. The van der Waals surface area contributed by atoms with Crippen LogP contribution in [-0.2, 0) is 14.8 Å². The van der Waals surface area contributed by atoms with Crippen molar-refractivity contribution in [3.8, 4) is 0 Å². The van der Waals surface area contributed by atoms with Gasteiger partial charge in [0.2, 0.25) is 11.5 Å². The van der Waals surface area contributed by atoms with Gasteiger partial charge in [-0.2, -0.15) is 0 Å². The molecule has 2 N–H and O–H groups in total. The van der Waals surface area contributed by atoms with Crippen molar-refractivity contribution in [2.24, 2.45) is 10.1 Å². The van der Waals surface area contributed by atoms with Crippen molar-refractivity contribution in [3.63, 3.8) is 0 Å². The van der Waals surface area contributed by atoms with Crippen molar-refractivity contribution in [2.45, 2.75) is 6.04 Å². The summed E-state index contributed by atoms with van der Waals surface area (Å²) in [5, 5.41) is 0. The summed E-state index contributed by atoms with van der Waals surface area (Å²) in [6, 6.07) is 9.45. The fourth-order valence-corrected chi connectivity index (χ4v) is 2.33. The van der Waals surface area contributed by atoms with Gasteiger partial charge in [0.05, 0.1) is 6.26 Å². The third-order valence-corrected chi connectivity index (χ3v) is 3.16. The van der Waals surface area contributed by atoms with Gasteiger partial charge in [0.15, 0.2) is 0 Å². The van der Waals surface area contributed by atoms with E-state index in [0.29, 0.717) is 5.56 Å². The van der Waals surface area contributed by atoms with E-state index in [1.807, 2.05) is 0 Å². The Hall–Kier alpha value is -2.48. The maximum Gasteiger partial charge on any atom is 0.253 e. The standard InChI is InChI=1S/C13H14N4O3S/c1-21(19,20)16-13-15-8-5-9-17(13)11(12(14)18)10-6-3-2-4-7-10/h2-9,11H,1H3,(H2,14,18)/b16-13+/t11-/m0/s1. The number of benzene rings is 1. The van der Waals surface area contributed by atoms with Gasteiger partial charge in [-0.15, -0.1) is 4.40 Å². The fraction of sp³-hybridized carbons (Fsp3) is 0.154. The molecular formula is C13H14N4O3S. The van der Waals surface area contributed by atoms with E-state index in [1.54, 1.807) is 36.4 Å². The van der Waals surface area contributed by atoms with E-state index in [1.165, 1.54) is 17.0 Å². The maximum atomic E-state index is 11.8. The number of hydrogen-bond donors (Lipinski definition) is 1. The molecule has 2 aromatic rings. The molecule has 0 aliphatic carbocycles. The quantitative estimate of drug-likeness (QED) is 0.845. The number of nitrogens with two attached hydrogens (primary N) is 1. The van der Waals surface area contributed by atoms with Crippen molar-refractivity contribution in [3.05, 3.63) is 60.0 Å². The van der Waals surface area contributed by atoms with Crippen LogP contribution in [-0.4, -0.2) is 30.1 Å². The van der Waals surface area contributed by atoms with Gasteiger partial charge in [-0.1, -0.05) is 30.3 Å². The molecule has 1 aromatic heterocycles. The minimum atomic E-state index is -3.65. The summed E-state index contributed by atoms with van der Waals surface area (Å²) in [5.74, 6) is -0.635. The van der Waals surface area contributed by atoms with Gasteiger partial charge in [-0.3, -0.25) is 9.36 Å². The smallest absolute Gasteiger partial charge is 0.253 e. The Bertz CT molecular complexity index is 813. The predicted octanol–water partition coefficient (Wildman–Crippen LogP) is -0.182. The molecule has 0 fully saturated rings. The lowest BCUT2D eigenvalue weighted by molar-refractivity contribution is -0.120. The van der Waals surface area contributed by atoms with Crippen molar-refractivity contribution in [1.29, 1.82) is 0 Å². The van der Waals surface area contributed by atoms with Crippen LogP contribution in [0.4, 0.5) is 0 Å². The summed E-state index contributed by atoms with van der Waals surface area (Å²) in [7, 11) is -3.65. The summed E-state index contributed by atoms with van der Waals surface area (Å²) in [6.45, 7) is 0. The molecule has 0 radical (unpaired) electrons. The van der Waals surface area contributed by atoms with Crippen LogP contribution in [0.25, 0.3) is 0 Å². The molecule has 0 aliphatic rings. The molecule has 7 nitrogen and oxygen atoms in total. The number of amides is 1. The highest BCUT2D eigenvalue weighted by Crippen LogP contribution is 2.15. The summed E-state index contributed by atoms with van der Waals surface area (Å²) in [4.78, 5) is 15.7. The molecule has 1 atom stereocenters. The van der Waals surface area contributed by atoms with Crippen LogP contribution in [0.5, 0.6) is 0 Å². The molecule has 2 rings (SSSR count). The lowest BCUT2D eigenvalue weighted by Crippen LogP contribution is -2.36. The van der Waals surface area contributed by atoms with Gasteiger partial charge in [-0.25, -0.2) is 13.4 Å². The van der Waals surface area contributed by atoms with E-state index in [2.05, 4.69) is 9.38 Å². The molecule has 1 heterocycles. The topological polar surface area (TPSA) is 107 Å². The lowest BCUT2D eigenvalue weighted by Gasteiger charge is -2.17. The van der Waals surface area contributed by atoms with Gasteiger partial charge >= 0.3 is 0 Å². The maximum absolute atomic E-state index is 11.8. The van der Waals surface area contributed by atoms with Crippen molar-refractivity contribution < 1.29 is 13.2 Å². The molecule has 0 saturated carbocycles. The predicted molar refractivity (Wildman–Crippen MR) is 76.4 cm³/mol. The normalized spacial score (nSPS) is 13.9. The number of rotatable bonds is 4. The van der Waals surface area contributed by atoms with E-state index < -0.39 is 22.0 Å². The molecule has 0 aliphatic heterocycles. The van der Waals surface area contributed by atoms with Crippen LogP contribution in [0, 0.1) is 0 Å². The first-order chi connectivity index (χ1) is 9.88. The van der Waals surface area contributed by atoms with Gasteiger partial charge in [0, 0.05) is 12.4 Å². The minimum absolute atomic E-state index is 0.104. The average molecular weight is 306 g/mol. The van der Waals surface area contributed by atoms with Crippen LogP contribution < -0.4 is 11.4 Å². The summed E-state index contributed by atoms with van der Waals surface area (Å²) >= 11 is 0. The van der Waals surface area contributed by atoms with E-state index in [4.69, 9.17) is 5.73 Å². The van der Waals surface area contributed by atoms with Crippen LogP contribution >= 0.6 is 0 Å². The largest absolute Gasteiger partial charge is 0.368 e. The number of carbonyl (C=O) groups is 1. The second-order valence-corrected chi connectivity index (χ2v) is 6.02. The molecule has 1 aromatic carbocycles. The highest BCUT2D eigenvalue weighted by molar-refractivity contribution is 7.89. The molecule has 1 amide bonds. The Balaban J connectivity index is 2.69. The van der Waals surface area contributed by atoms with Gasteiger partial charge in [-0.05, 0) is 11.6 Å². The SMILES string of the molecule is CS(=O)(=O)/N=c1\ncccn1[C@H](C(N)=O)c1ccccc1. The Morgan fingerprint density at radius 1 is 1.29 bits per heavy atom. The van der Waals surface area contributed by atoms with Crippen LogP contribution in [0.3, 0.4) is 0 Å². The highest BCUT2D eigenvalue weighted by atomic mass is 32.2. The Morgan fingerprint density at radius 2 is 1.95 bits per heavy atom. The third kappa shape index (κ3) is 3.76. The zero-order chi connectivity index (χ0) is 15.5. The first-order valence-electron chi connectivity index (χ1n) is 6.02. The van der Waals surface area contributed by atoms with Crippen LogP contribution in [0.15, 0.2) is 53.2 Å². The highest BCUT2D eigenvalue weighted by Gasteiger charge is 2.20. The zero-order valence-electron chi connectivity index (χ0n) is 11.2. The molecule has 110 valence electrons. The van der Waals surface area contributed by atoms with Crippen molar-refractivity contribution >= 4 is 15.9 Å². The number of carbonyl (C=O) groups excluding carboxylic acids is 1. The molecule has 0 spiro atoms.